The number of carbonyl (C=O) groups is 1. The van der Waals surface area contributed by atoms with Gasteiger partial charge in [-0.25, -0.2) is 21.2 Å². The summed E-state index contributed by atoms with van der Waals surface area (Å²) in [6, 6.07) is 9.49. The van der Waals surface area contributed by atoms with Gasteiger partial charge in [0, 0.05) is 25.3 Å². The molecule has 0 bridgehead atoms. The lowest BCUT2D eigenvalue weighted by Crippen LogP contribution is -2.43. The number of nitrogens with zero attached hydrogens (tertiary/aromatic N) is 2. The van der Waals surface area contributed by atoms with Gasteiger partial charge < -0.3 is 5.32 Å². The summed E-state index contributed by atoms with van der Waals surface area (Å²) in [5.74, 6) is -1.09. The van der Waals surface area contributed by atoms with Crippen molar-refractivity contribution in [3.8, 4) is 0 Å². The predicted octanol–water partition coefficient (Wildman–Crippen LogP) is 2.40. The largest absolute Gasteiger partial charge is 0.325 e. The quantitative estimate of drug-likeness (QED) is 0.682. The van der Waals surface area contributed by atoms with Crippen LogP contribution < -0.4 is 5.32 Å². The Morgan fingerprint density at radius 1 is 0.875 bits per heavy atom. The Labute approximate surface area is 187 Å². The van der Waals surface area contributed by atoms with Gasteiger partial charge in [-0.3, -0.25) is 4.79 Å². The van der Waals surface area contributed by atoms with Gasteiger partial charge in [0.25, 0.3) is 0 Å². The van der Waals surface area contributed by atoms with E-state index in [-0.39, 0.29) is 22.0 Å². The van der Waals surface area contributed by atoms with Crippen LogP contribution in [0, 0.1) is 5.82 Å². The normalized spacial score (nSPS) is 20.5. The average molecular weight is 482 g/mol. The van der Waals surface area contributed by atoms with Crippen molar-refractivity contribution in [3.63, 3.8) is 0 Å². The molecule has 4 rings (SSSR count). The first-order valence-corrected chi connectivity index (χ1v) is 13.3. The van der Waals surface area contributed by atoms with Crippen LogP contribution in [0.2, 0.25) is 0 Å². The average Bonchev–Trinajstić information content (AvgIpc) is 3.47. The summed E-state index contributed by atoms with van der Waals surface area (Å²) in [6.07, 6.45) is 2.46. The monoisotopic (exact) mass is 481 g/mol. The summed E-state index contributed by atoms with van der Waals surface area (Å²) in [5, 5.41) is 2.66. The lowest BCUT2D eigenvalue weighted by molar-refractivity contribution is -0.119. The fourth-order valence-corrected chi connectivity index (χ4v) is 7.29. The van der Waals surface area contributed by atoms with Gasteiger partial charge in [0.2, 0.25) is 26.0 Å². The van der Waals surface area contributed by atoms with Gasteiger partial charge in [-0.15, -0.1) is 0 Å². The van der Waals surface area contributed by atoms with E-state index in [0.29, 0.717) is 25.9 Å². The highest BCUT2D eigenvalue weighted by Crippen LogP contribution is 2.28. The highest BCUT2D eigenvalue weighted by atomic mass is 32.2. The zero-order valence-electron chi connectivity index (χ0n) is 17.3. The van der Waals surface area contributed by atoms with E-state index in [0.717, 1.165) is 29.3 Å². The lowest BCUT2D eigenvalue weighted by atomic mass is 10.2. The minimum absolute atomic E-state index is 0.0828. The molecule has 1 atom stereocenters. The molecule has 2 fully saturated rings. The van der Waals surface area contributed by atoms with Crippen molar-refractivity contribution in [1.82, 2.24) is 8.61 Å². The maximum absolute atomic E-state index is 13.2. The van der Waals surface area contributed by atoms with Gasteiger partial charge in [0.05, 0.1) is 9.79 Å². The first-order valence-electron chi connectivity index (χ1n) is 10.4. The summed E-state index contributed by atoms with van der Waals surface area (Å²) in [6.45, 7) is 1.11. The molecule has 2 saturated heterocycles. The zero-order valence-corrected chi connectivity index (χ0v) is 18.9. The fraction of sp³-hybridized carbons (Fsp3) is 0.381. The summed E-state index contributed by atoms with van der Waals surface area (Å²) < 4.78 is 67.3. The van der Waals surface area contributed by atoms with Crippen LogP contribution >= 0.6 is 0 Å². The van der Waals surface area contributed by atoms with Gasteiger partial charge >= 0.3 is 0 Å². The van der Waals surface area contributed by atoms with Crippen LogP contribution in [0.5, 0.6) is 0 Å². The third-order valence-electron chi connectivity index (χ3n) is 5.73. The Hall–Kier alpha value is -2.34. The molecule has 0 spiro atoms. The molecule has 32 heavy (non-hydrogen) atoms. The van der Waals surface area contributed by atoms with Crippen LogP contribution in [0.4, 0.5) is 10.1 Å². The molecule has 172 valence electrons. The molecule has 0 aliphatic carbocycles. The van der Waals surface area contributed by atoms with Crippen LogP contribution in [-0.4, -0.2) is 57.0 Å². The molecule has 0 radical (unpaired) electrons. The maximum Gasteiger partial charge on any atom is 0.243 e. The predicted molar refractivity (Wildman–Crippen MR) is 116 cm³/mol. The van der Waals surface area contributed by atoms with E-state index >= 15 is 0 Å². The third-order valence-corrected chi connectivity index (χ3v) is 9.55. The molecule has 2 aromatic carbocycles. The van der Waals surface area contributed by atoms with Crippen LogP contribution in [-0.2, 0) is 24.8 Å². The molecule has 2 aromatic rings. The Kier molecular flexibility index (Phi) is 6.35. The smallest absolute Gasteiger partial charge is 0.243 e. The summed E-state index contributed by atoms with van der Waals surface area (Å²) in [7, 11) is -7.63. The summed E-state index contributed by atoms with van der Waals surface area (Å²) >= 11 is 0. The minimum atomic E-state index is -3.98. The van der Waals surface area contributed by atoms with Crippen molar-refractivity contribution in [2.75, 3.05) is 25.0 Å². The molecular formula is C21H24FN3O5S2. The molecule has 2 aliphatic rings. The number of carbonyl (C=O) groups excluding carboxylic acids is 1. The highest BCUT2D eigenvalue weighted by Gasteiger charge is 2.39. The minimum Gasteiger partial charge on any atom is -0.325 e. The molecule has 0 aromatic heterocycles. The summed E-state index contributed by atoms with van der Waals surface area (Å²) in [5.41, 5.74) is 0.279. The number of rotatable bonds is 6. The molecule has 1 N–H and O–H groups in total. The number of benzene rings is 2. The molecule has 0 saturated carbocycles. The van der Waals surface area contributed by atoms with E-state index < -0.39 is 37.8 Å². The fourth-order valence-electron chi connectivity index (χ4n) is 4.07. The van der Waals surface area contributed by atoms with Gasteiger partial charge in [0.15, 0.2) is 0 Å². The van der Waals surface area contributed by atoms with Gasteiger partial charge in [-0.1, -0.05) is 6.07 Å². The number of halogens is 1. The Balaban J connectivity index is 1.53. The highest BCUT2D eigenvalue weighted by molar-refractivity contribution is 7.89. The topological polar surface area (TPSA) is 104 Å². The third kappa shape index (κ3) is 4.42. The molecule has 0 unspecified atom stereocenters. The van der Waals surface area contributed by atoms with Crippen molar-refractivity contribution in [2.45, 2.75) is 41.5 Å². The first kappa shape index (κ1) is 22.8. The van der Waals surface area contributed by atoms with Crippen LogP contribution in [0.3, 0.4) is 0 Å². The second kappa shape index (κ2) is 8.89. The maximum atomic E-state index is 13.2. The van der Waals surface area contributed by atoms with E-state index in [1.54, 1.807) is 12.1 Å². The Morgan fingerprint density at radius 3 is 2.25 bits per heavy atom. The van der Waals surface area contributed by atoms with E-state index in [9.17, 15) is 26.0 Å². The molecule has 1 amide bonds. The van der Waals surface area contributed by atoms with E-state index in [1.807, 2.05) is 0 Å². The Bertz CT molecular complexity index is 1210. The van der Waals surface area contributed by atoms with Crippen molar-refractivity contribution in [1.29, 1.82) is 0 Å². The van der Waals surface area contributed by atoms with Crippen molar-refractivity contribution >= 4 is 31.6 Å². The lowest BCUT2D eigenvalue weighted by Gasteiger charge is -2.23. The van der Waals surface area contributed by atoms with Gasteiger partial charge in [-0.2, -0.15) is 8.61 Å². The van der Waals surface area contributed by atoms with Crippen molar-refractivity contribution < 1.29 is 26.0 Å². The molecule has 8 nitrogen and oxygen atoms in total. The SMILES string of the molecule is O=C(Nc1cccc(S(=O)(=O)N2CCCC2)c1)[C@H]1CCCN1S(=O)(=O)c1ccc(F)cc1. The Morgan fingerprint density at radius 2 is 1.56 bits per heavy atom. The van der Waals surface area contributed by atoms with Gasteiger partial charge in [-0.05, 0) is 68.1 Å². The number of sulfonamides is 2. The number of nitrogens with one attached hydrogen (secondary N) is 1. The van der Waals surface area contributed by atoms with E-state index in [2.05, 4.69) is 5.32 Å². The summed E-state index contributed by atoms with van der Waals surface area (Å²) in [4.78, 5) is 12.9. The molecular weight excluding hydrogens is 457 g/mol. The first-order chi connectivity index (χ1) is 15.2. The number of hydrogen-bond donors (Lipinski definition) is 1. The number of anilines is 1. The second-order valence-corrected chi connectivity index (χ2v) is 11.7. The van der Waals surface area contributed by atoms with E-state index in [4.69, 9.17) is 0 Å². The van der Waals surface area contributed by atoms with Crippen LogP contribution in [0.15, 0.2) is 58.3 Å². The molecule has 2 aliphatic heterocycles. The van der Waals surface area contributed by atoms with Crippen molar-refractivity contribution in [3.05, 3.63) is 54.3 Å². The standard InChI is InChI=1S/C21H24FN3O5S2/c22-16-8-10-18(11-9-16)32(29,30)25-14-4-7-20(25)21(26)23-17-5-3-6-19(15-17)31(27,28)24-12-1-2-13-24/h3,5-6,8-11,15,20H,1-2,4,7,12-14H2,(H,23,26)/t20-/m1/s1. The number of amides is 1. The molecule has 2 heterocycles. The second-order valence-electron chi connectivity index (χ2n) is 7.86. The van der Waals surface area contributed by atoms with Gasteiger partial charge in [0.1, 0.15) is 11.9 Å². The molecule has 11 heteroatoms. The van der Waals surface area contributed by atoms with Crippen molar-refractivity contribution in [2.24, 2.45) is 0 Å². The van der Waals surface area contributed by atoms with Crippen LogP contribution in [0.1, 0.15) is 25.7 Å². The van der Waals surface area contributed by atoms with Crippen LogP contribution in [0.25, 0.3) is 0 Å². The number of hydrogen-bond acceptors (Lipinski definition) is 5. The zero-order chi connectivity index (χ0) is 22.9. The van der Waals surface area contributed by atoms with E-state index in [1.165, 1.54) is 28.6 Å².